The molecule has 0 saturated heterocycles. The average Bonchev–Trinajstić information content (AvgIpc) is 2.37. The van der Waals surface area contributed by atoms with Gasteiger partial charge in [0.05, 0.1) is 19.8 Å². The zero-order valence-electron chi connectivity index (χ0n) is 10.5. The number of hydrogen-bond donors (Lipinski definition) is 0. The van der Waals surface area contributed by atoms with Crippen molar-refractivity contribution in [2.75, 3.05) is 7.11 Å². The van der Waals surface area contributed by atoms with Crippen molar-refractivity contribution in [3.8, 4) is 5.75 Å². The van der Waals surface area contributed by atoms with E-state index in [1.54, 1.807) is 7.11 Å². The van der Waals surface area contributed by atoms with Gasteiger partial charge in [0.15, 0.2) is 0 Å². The van der Waals surface area contributed by atoms with Crippen LogP contribution < -0.4 is 4.74 Å². The molecule has 0 heterocycles. The molecule has 0 radical (unpaired) electrons. The summed E-state index contributed by atoms with van der Waals surface area (Å²) in [5.74, 6) is 0.854. The van der Waals surface area contributed by atoms with Crippen LogP contribution in [0.15, 0.2) is 24.3 Å². The summed E-state index contributed by atoms with van der Waals surface area (Å²) in [7, 11) is 1.65. The molecule has 0 aliphatic rings. The van der Waals surface area contributed by atoms with Crippen LogP contribution in [-0.4, -0.2) is 19.5 Å². The Morgan fingerprint density at radius 1 is 1.29 bits per heavy atom. The molecule has 0 fully saturated rings. The first-order valence-corrected chi connectivity index (χ1v) is 5.94. The van der Waals surface area contributed by atoms with E-state index < -0.39 is 0 Å². The van der Waals surface area contributed by atoms with Gasteiger partial charge < -0.3 is 14.3 Å². The Balaban J connectivity index is 2.26. The minimum Gasteiger partial charge on any atom is -0.497 e. The van der Waals surface area contributed by atoms with Crippen molar-refractivity contribution in [2.45, 2.75) is 38.9 Å². The van der Waals surface area contributed by atoms with Crippen LogP contribution in [0.25, 0.3) is 0 Å². The molecule has 1 aromatic rings. The fourth-order valence-corrected chi connectivity index (χ4v) is 1.53. The Labute approximate surface area is 103 Å². The molecule has 1 atom stereocenters. The first kappa shape index (κ1) is 13.7. The highest BCUT2D eigenvalue weighted by molar-refractivity contribution is 5.48. The molecule has 0 saturated carbocycles. The van der Waals surface area contributed by atoms with E-state index in [1.807, 2.05) is 31.2 Å². The van der Waals surface area contributed by atoms with Crippen LogP contribution in [-0.2, 0) is 16.1 Å². The lowest BCUT2D eigenvalue weighted by Crippen LogP contribution is -2.08. The van der Waals surface area contributed by atoms with Crippen molar-refractivity contribution in [3.05, 3.63) is 29.8 Å². The highest BCUT2D eigenvalue weighted by Crippen LogP contribution is 2.13. The molecule has 0 N–H and O–H groups in total. The first-order chi connectivity index (χ1) is 8.26. The van der Waals surface area contributed by atoms with Gasteiger partial charge in [-0.3, -0.25) is 0 Å². The highest BCUT2D eigenvalue weighted by atomic mass is 16.5. The van der Waals surface area contributed by atoms with Gasteiger partial charge >= 0.3 is 0 Å². The number of hydrogen-bond acceptors (Lipinski definition) is 3. The van der Waals surface area contributed by atoms with Crippen LogP contribution in [0.4, 0.5) is 0 Å². The van der Waals surface area contributed by atoms with E-state index in [4.69, 9.17) is 9.47 Å². The number of aldehydes is 1. The van der Waals surface area contributed by atoms with Gasteiger partial charge in [-0.25, -0.2) is 0 Å². The number of unbranched alkanes of at least 4 members (excludes halogenated alkanes) is 1. The molecule has 0 amide bonds. The van der Waals surface area contributed by atoms with Gasteiger partial charge in [-0.15, -0.1) is 0 Å². The minimum absolute atomic E-state index is 0.192. The fourth-order valence-electron chi connectivity index (χ4n) is 1.53. The zero-order chi connectivity index (χ0) is 12.5. The van der Waals surface area contributed by atoms with E-state index in [0.717, 1.165) is 30.4 Å². The van der Waals surface area contributed by atoms with Crippen LogP contribution in [0.5, 0.6) is 5.75 Å². The smallest absolute Gasteiger partial charge is 0.119 e. The molecule has 0 aliphatic heterocycles. The van der Waals surface area contributed by atoms with Crippen LogP contribution in [0.2, 0.25) is 0 Å². The maximum absolute atomic E-state index is 10.2. The van der Waals surface area contributed by atoms with Gasteiger partial charge in [0, 0.05) is 6.42 Å². The molecule has 1 rings (SSSR count). The quantitative estimate of drug-likeness (QED) is 0.514. The molecule has 3 heteroatoms. The maximum Gasteiger partial charge on any atom is 0.119 e. The Morgan fingerprint density at radius 2 is 2.00 bits per heavy atom. The number of ether oxygens (including phenoxy) is 2. The number of carbonyl (C=O) groups is 1. The third-order valence-corrected chi connectivity index (χ3v) is 2.63. The molecular formula is C14H20O3. The normalized spacial score (nSPS) is 12.1. The minimum atomic E-state index is 0.192. The van der Waals surface area contributed by atoms with Gasteiger partial charge in [0.2, 0.25) is 0 Å². The van der Waals surface area contributed by atoms with Crippen molar-refractivity contribution in [1.29, 1.82) is 0 Å². The van der Waals surface area contributed by atoms with E-state index in [0.29, 0.717) is 13.0 Å². The third-order valence-electron chi connectivity index (χ3n) is 2.63. The van der Waals surface area contributed by atoms with E-state index >= 15 is 0 Å². The first-order valence-electron chi connectivity index (χ1n) is 5.94. The van der Waals surface area contributed by atoms with E-state index in [1.165, 1.54) is 0 Å². The highest BCUT2D eigenvalue weighted by Gasteiger charge is 2.02. The van der Waals surface area contributed by atoms with Gasteiger partial charge in [-0.1, -0.05) is 12.1 Å². The molecule has 0 aromatic heterocycles. The molecule has 3 nitrogen and oxygen atoms in total. The Kier molecular flexibility index (Phi) is 6.33. The van der Waals surface area contributed by atoms with Gasteiger partial charge in [-0.05, 0) is 37.5 Å². The monoisotopic (exact) mass is 236 g/mol. The lowest BCUT2D eigenvalue weighted by molar-refractivity contribution is -0.108. The van der Waals surface area contributed by atoms with Crippen molar-refractivity contribution in [1.82, 2.24) is 0 Å². The number of benzene rings is 1. The van der Waals surface area contributed by atoms with Gasteiger partial charge in [-0.2, -0.15) is 0 Å². The number of carbonyl (C=O) groups excluding carboxylic acids is 1. The van der Waals surface area contributed by atoms with Gasteiger partial charge in [0.25, 0.3) is 0 Å². The molecule has 1 aromatic carbocycles. The zero-order valence-corrected chi connectivity index (χ0v) is 10.5. The third kappa shape index (κ3) is 5.50. The second-order valence-corrected chi connectivity index (χ2v) is 4.07. The number of methoxy groups -OCH3 is 1. The van der Waals surface area contributed by atoms with Crippen LogP contribution in [0, 0.1) is 0 Å². The molecular weight excluding hydrogens is 216 g/mol. The second kappa shape index (κ2) is 7.85. The van der Waals surface area contributed by atoms with Crippen molar-refractivity contribution >= 4 is 6.29 Å². The summed E-state index contributed by atoms with van der Waals surface area (Å²) in [6, 6.07) is 7.85. The topological polar surface area (TPSA) is 35.5 Å². The largest absolute Gasteiger partial charge is 0.497 e. The lowest BCUT2D eigenvalue weighted by atomic mass is 10.2. The Morgan fingerprint density at radius 3 is 2.59 bits per heavy atom. The summed E-state index contributed by atoms with van der Waals surface area (Å²) in [4.78, 5) is 10.2. The molecule has 0 unspecified atom stereocenters. The summed E-state index contributed by atoms with van der Waals surface area (Å²) in [5, 5.41) is 0. The molecule has 0 spiro atoms. The second-order valence-electron chi connectivity index (χ2n) is 4.07. The van der Waals surface area contributed by atoms with Crippen molar-refractivity contribution in [2.24, 2.45) is 0 Å². The maximum atomic E-state index is 10.2. The van der Waals surface area contributed by atoms with Crippen LogP contribution in [0.1, 0.15) is 31.7 Å². The molecule has 94 valence electrons. The van der Waals surface area contributed by atoms with Gasteiger partial charge in [0.1, 0.15) is 12.0 Å². The predicted molar refractivity (Wildman–Crippen MR) is 67.2 cm³/mol. The Bertz CT molecular complexity index is 319. The van der Waals surface area contributed by atoms with E-state index in [2.05, 4.69) is 0 Å². The van der Waals surface area contributed by atoms with E-state index in [9.17, 15) is 4.79 Å². The SMILES string of the molecule is COc1ccc(CO[C@@H](C)CCCC=O)cc1. The standard InChI is InChI=1S/C14H20O3/c1-12(5-3-4-10-15)17-11-13-6-8-14(16-2)9-7-13/h6-10,12H,3-5,11H2,1-2H3/t12-/m0/s1. The predicted octanol–water partition coefficient (Wildman–Crippen LogP) is 2.97. The van der Waals surface area contributed by atoms with E-state index in [-0.39, 0.29) is 6.10 Å². The summed E-state index contributed by atoms with van der Waals surface area (Å²) in [6.07, 6.45) is 3.59. The lowest BCUT2D eigenvalue weighted by Gasteiger charge is -2.12. The molecule has 0 bridgehead atoms. The summed E-state index contributed by atoms with van der Waals surface area (Å²) in [6.45, 7) is 2.64. The van der Waals surface area contributed by atoms with Crippen molar-refractivity contribution in [3.63, 3.8) is 0 Å². The van der Waals surface area contributed by atoms with Crippen LogP contribution >= 0.6 is 0 Å². The number of rotatable bonds is 8. The fraction of sp³-hybridized carbons (Fsp3) is 0.500. The Hall–Kier alpha value is -1.35. The summed E-state index contributed by atoms with van der Waals surface area (Å²) in [5.41, 5.74) is 1.13. The van der Waals surface area contributed by atoms with Crippen LogP contribution in [0.3, 0.4) is 0 Å². The molecule has 0 aliphatic carbocycles. The average molecular weight is 236 g/mol. The molecule has 17 heavy (non-hydrogen) atoms. The summed E-state index contributed by atoms with van der Waals surface area (Å²) < 4.78 is 10.8. The summed E-state index contributed by atoms with van der Waals surface area (Å²) >= 11 is 0. The van der Waals surface area contributed by atoms with Crippen molar-refractivity contribution < 1.29 is 14.3 Å².